The molecule has 1 aliphatic heterocycles. The van der Waals surface area contributed by atoms with Crippen LogP contribution in [0.25, 0.3) is 23.0 Å². The fourth-order valence-corrected chi connectivity index (χ4v) is 4.85. The zero-order valence-electron chi connectivity index (χ0n) is 19.7. The lowest BCUT2D eigenvalue weighted by Crippen LogP contribution is -2.28. The molecule has 3 aromatic rings. The first-order chi connectivity index (χ1) is 16.5. The van der Waals surface area contributed by atoms with Crippen molar-refractivity contribution in [2.45, 2.75) is 33.6 Å². The minimum atomic E-state index is -0.0284. The van der Waals surface area contributed by atoms with Crippen LogP contribution in [-0.4, -0.2) is 38.1 Å². The number of thiocarbonyl (C=S) groups is 1. The molecule has 5 nitrogen and oxygen atoms in total. The lowest BCUT2D eigenvalue weighted by atomic mass is 10.1. The van der Waals surface area contributed by atoms with Crippen molar-refractivity contribution in [3.63, 3.8) is 0 Å². The maximum absolute atomic E-state index is 13.0. The molecule has 0 atom stereocenters. The second kappa shape index (κ2) is 11.0. The lowest BCUT2D eigenvalue weighted by molar-refractivity contribution is -0.122. The highest BCUT2D eigenvalue weighted by Crippen LogP contribution is 2.35. The Kier molecular flexibility index (Phi) is 7.85. The molecule has 1 aliphatic rings. The maximum Gasteiger partial charge on any atom is 0.266 e. The van der Waals surface area contributed by atoms with Crippen LogP contribution in [-0.2, 0) is 4.79 Å². The zero-order valence-corrected chi connectivity index (χ0v) is 21.4. The summed E-state index contributed by atoms with van der Waals surface area (Å²) in [5.74, 6) is 1.27. The molecule has 7 heteroatoms. The summed E-state index contributed by atoms with van der Waals surface area (Å²) in [5.41, 5.74) is 3.59. The third-order valence-electron chi connectivity index (χ3n) is 5.37. The van der Waals surface area contributed by atoms with Crippen LogP contribution in [0.3, 0.4) is 0 Å². The summed E-state index contributed by atoms with van der Waals surface area (Å²) in [5, 5.41) is 4.87. The molecule has 0 unspecified atom stereocenters. The monoisotopic (exact) mass is 491 g/mol. The van der Waals surface area contributed by atoms with E-state index in [-0.39, 0.29) is 5.91 Å². The maximum atomic E-state index is 13.0. The molecule has 1 amide bonds. The highest BCUT2D eigenvalue weighted by atomic mass is 32.2. The number of para-hydroxylation sites is 1. The van der Waals surface area contributed by atoms with E-state index in [1.807, 2.05) is 71.6 Å². The van der Waals surface area contributed by atoms with Crippen molar-refractivity contribution in [1.29, 1.82) is 0 Å². The predicted octanol–water partition coefficient (Wildman–Crippen LogP) is 6.58. The number of ether oxygens (including phenoxy) is 1. The quantitative estimate of drug-likeness (QED) is 0.250. The Morgan fingerprint density at radius 3 is 2.53 bits per heavy atom. The van der Waals surface area contributed by atoms with E-state index in [2.05, 4.69) is 20.8 Å². The SMILES string of the molecule is CCCCN1C(=O)/C(=C/c2cn(-c3ccccc3)nc2-c2ccc(OCC(C)C)cc2)SC1=S. The van der Waals surface area contributed by atoms with Crippen LogP contribution >= 0.6 is 24.0 Å². The Hall–Kier alpha value is -2.90. The van der Waals surface area contributed by atoms with Crippen molar-refractivity contribution in [1.82, 2.24) is 14.7 Å². The van der Waals surface area contributed by atoms with Gasteiger partial charge in [0, 0.05) is 23.9 Å². The molecule has 2 aromatic carbocycles. The second-order valence-electron chi connectivity index (χ2n) is 8.63. The Balaban J connectivity index is 1.69. The molecule has 4 rings (SSSR count). The third-order valence-corrected chi connectivity index (χ3v) is 6.75. The van der Waals surface area contributed by atoms with Crippen LogP contribution < -0.4 is 4.74 Å². The summed E-state index contributed by atoms with van der Waals surface area (Å²) in [4.78, 5) is 15.4. The number of aromatic nitrogens is 2. The molecule has 1 saturated heterocycles. The van der Waals surface area contributed by atoms with Gasteiger partial charge in [-0.3, -0.25) is 9.69 Å². The average molecular weight is 492 g/mol. The molecule has 1 aromatic heterocycles. The van der Waals surface area contributed by atoms with Gasteiger partial charge in [0.05, 0.1) is 22.9 Å². The Morgan fingerprint density at radius 1 is 1.12 bits per heavy atom. The van der Waals surface area contributed by atoms with Crippen LogP contribution in [0.15, 0.2) is 65.7 Å². The molecule has 0 bridgehead atoms. The van der Waals surface area contributed by atoms with Gasteiger partial charge < -0.3 is 4.74 Å². The standard InChI is InChI=1S/C27H29N3O2S2/c1-4-5-15-29-26(31)24(34-27(29)33)16-21-17-30(22-9-7-6-8-10-22)28-25(21)20-11-13-23(14-12-20)32-18-19(2)3/h6-14,16-17,19H,4-5,15,18H2,1-3H3/b24-16-. The number of carbonyl (C=O) groups is 1. The number of unbranched alkanes of at least 4 members (excludes halogenated alkanes) is 1. The highest BCUT2D eigenvalue weighted by Gasteiger charge is 2.31. The number of nitrogens with zero attached hydrogens (tertiary/aromatic N) is 3. The minimum Gasteiger partial charge on any atom is -0.493 e. The van der Waals surface area contributed by atoms with Gasteiger partial charge in [0.25, 0.3) is 5.91 Å². The Labute approximate surface area is 210 Å². The summed E-state index contributed by atoms with van der Waals surface area (Å²) in [6.07, 6.45) is 5.83. The first kappa shape index (κ1) is 24.2. The Morgan fingerprint density at radius 2 is 1.85 bits per heavy atom. The van der Waals surface area contributed by atoms with Gasteiger partial charge in [-0.05, 0) is 54.8 Å². The van der Waals surface area contributed by atoms with E-state index < -0.39 is 0 Å². The van der Waals surface area contributed by atoms with Crippen molar-refractivity contribution in [2.75, 3.05) is 13.2 Å². The molecule has 2 heterocycles. The second-order valence-corrected chi connectivity index (χ2v) is 10.3. The first-order valence-corrected chi connectivity index (χ1v) is 12.8. The molecule has 0 N–H and O–H groups in total. The summed E-state index contributed by atoms with van der Waals surface area (Å²) >= 11 is 6.84. The lowest BCUT2D eigenvalue weighted by Gasteiger charge is -2.13. The van der Waals surface area contributed by atoms with Gasteiger partial charge in [-0.1, -0.05) is 69.4 Å². The van der Waals surface area contributed by atoms with Crippen molar-refractivity contribution < 1.29 is 9.53 Å². The fourth-order valence-electron chi connectivity index (χ4n) is 3.55. The third kappa shape index (κ3) is 5.59. The van der Waals surface area contributed by atoms with E-state index >= 15 is 0 Å². The normalized spacial score (nSPS) is 15.1. The van der Waals surface area contributed by atoms with E-state index in [0.717, 1.165) is 41.1 Å². The number of hydrogen-bond donors (Lipinski definition) is 0. The molecule has 1 fully saturated rings. The number of carbonyl (C=O) groups excluding carboxylic acids is 1. The summed E-state index contributed by atoms with van der Waals surface area (Å²) in [7, 11) is 0. The van der Waals surface area contributed by atoms with Crippen molar-refractivity contribution in [2.24, 2.45) is 5.92 Å². The van der Waals surface area contributed by atoms with Crippen LogP contribution in [0, 0.1) is 5.92 Å². The van der Waals surface area contributed by atoms with E-state index in [9.17, 15) is 4.79 Å². The van der Waals surface area contributed by atoms with Gasteiger partial charge in [-0.15, -0.1) is 0 Å². The van der Waals surface area contributed by atoms with E-state index in [4.69, 9.17) is 22.1 Å². The zero-order chi connectivity index (χ0) is 24.1. The number of hydrogen-bond acceptors (Lipinski definition) is 5. The largest absolute Gasteiger partial charge is 0.493 e. The molecule has 34 heavy (non-hydrogen) atoms. The number of amides is 1. The average Bonchev–Trinajstić information content (AvgIpc) is 3.38. The van der Waals surface area contributed by atoms with Crippen LogP contribution in [0.1, 0.15) is 39.2 Å². The van der Waals surface area contributed by atoms with Gasteiger partial charge >= 0.3 is 0 Å². The van der Waals surface area contributed by atoms with Crippen molar-refractivity contribution >= 4 is 40.3 Å². The molecular formula is C27H29N3O2S2. The van der Waals surface area contributed by atoms with Gasteiger partial charge in [0.2, 0.25) is 0 Å². The summed E-state index contributed by atoms with van der Waals surface area (Å²) < 4.78 is 8.30. The smallest absolute Gasteiger partial charge is 0.266 e. The Bertz CT molecular complexity index is 1180. The molecule has 0 spiro atoms. The fraction of sp³-hybridized carbons (Fsp3) is 0.296. The number of rotatable bonds is 9. The summed E-state index contributed by atoms with van der Waals surface area (Å²) in [6.45, 7) is 7.69. The first-order valence-electron chi connectivity index (χ1n) is 11.6. The number of benzene rings is 2. The summed E-state index contributed by atoms with van der Waals surface area (Å²) in [6, 6.07) is 17.9. The molecule has 0 radical (unpaired) electrons. The highest BCUT2D eigenvalue weighted by molar-refractivity contribution is 8.26. The number of thioether (sulfide) groups is 1. The molecular weight excluding hydrogens is 462 g/mol. The van der Waals surface area contributed by atoms with Crippen molar-refractivity contribution in [3.05, 3.63) is 71.3 Å². The van der Waals surface area contributed by atoms with Gasteiger partial charge in [0.1, 0.15) is 10.1 Å². The van der Waals surface area contributed by atoms with Crippen molar-refractivity contribution in [3.8, 4) is 22.7 Å². The predicted molar refractivity (Wildman–Crippen MR) is 144 cm³/mol. The van der Waals surface area contributed by atoms with E-state index in [1.54, 1.807) is 4.90 Å². The van der Waals surface area contributed by atoms with Gasteiger partial charge in [-0.25, -0.2) is 4.68 Å². The van der Waals surface area contributed by atoms with Gasteiger partial charge in [0.15, 0.2) is 0 Å². The van der Waals surface area contributed by atoms with Crippen LogP contribution in [0.5, 0.6) is 5.75 Å². The van der Waals surface area contributed by atoms with Crippen LogP contribution in [0.2, 0.25) is 0 Å². The molecule has 0 aliphatic carbocycles. The minimum absolute atomic E-state index is 0.0284. The van der Waals surface area contributed by atoms with E-state index in [0.29, 0.717) is 28.3 Å². The molecule has 176 valence electrons. The van der Waals surface area contributed by atoms with E-state index in [1.165, 1.54) is 11.8 Å². The van der Waals surface area contributed by atoms with Crippen LogP contribution in [0.4, 0.5) is 0 Å². The topological polar surface area (TPSA) is 47.4 Å². The van der Waals surface area contributed by atoms with Gasteiger partial charge in [-0.2, -0.15) is 5.10 Å². The molecule has 0 saturated carbocycles.